The van der Waals surface area contributed by atoms with Crippen LogP contribution < -0.4 is 5.73 Å². The summed E-state index contributed by atoms with van der Waals surface area (Å²) in [5.74, 6) is -0.202. The molecule has 7 nitrogen and oxygen atoms in total. The highest BCUT2D eigenvalue weighted by Gasteiger charge is 2.39. The molecule has 2 N–H and O–H groups in total. The number of aromatic nitrogens is 2. The van der Waals surface area contributed by atoms with Gasteiger partial charge in [0.05, 0.1) is 12.2 Å². The molecule has 0 aromatic carbocycles. The molecule has 2 aliphatic rings. The van der Waals surface area contributed by atoms with Gasteiger partial charge in [0.2, 0.25) is 11.8 Å². The van der Waals surface area contributed by atoms with Gasteiger partial charge in [0, 0.05) is 55.0 Å². The van der Waals surface area contributed by atoms with E-state index in [2.05, 4.69) is 9.97 Å². The van der Waals surface area contributed by atoms with Gasteiger partial charge in [0.25, 0.3) is 0 Å². The normalized spacial score (nSPS) is 17.9. The van der Waals surface area contributed by atoms with Gasteiger partial charge in [-0.2, -0.15) is 24.5 Å². The number of rotatable bonds is 5. The Morgan fingerprint density at radius 1 is 1.22 bits per heavy atom. The lowest BCUT2D eigenvalue weighted by Gasteiger charge is -2.32. The fourth-order valence-electron chi connectivity index (χ4n) is 4.15. The van der Waals surface area contributed by atoms with Gasteiger partial charge in [0.1, 0.15) is 0 Å². The van der Waals surface area contributed by atoms with Gasteiger partial charge in [-0.3, -0.25) is 9.59 Å². The second-order valence-corrected chi connectivity index (χ2v) is 8.94. The lowest BCUT2D eigenvalue weighted by molar-refractivity contribution is -0.142. The maximum atomic E-state index is 13.7. The van der Waals surface area contributed by atoms with Gasteiger partial charge in [-0.1, -0.05) is 0 Å². The van der Waals surface area contributed by atoms with Crippen LogP contribution in [-0.2, 0) is 28.7 Å². The number of fused-ring (bicyclic) bond motifs is 1. The smallest absolute Gasteiger partial charge is 0.341 e. The van der Waals surface area contributed by atoms with Gasteiger partial charge in [0.15, 0.2) is 11.5 Å². The summed E-state index contributed by atoms with van der Waals surface area (Å²) in [5.41, 5.74) is 5.96. The van der Waals surface area contributed by atoms with Gasteiger partial charge in [-0.05, 0) is 30.7 Å². The van der Waals surface area contributed by atoms with E-state index in [0.717, 1.165) is 12.8 Å². The Balaban J connectivity index is 1.49. The minimum atomic E-state index is -4.60. The summed E-state index contributed by atoms with van der Waals surface area (Å²) in [7, 11) is 0. The van der Waals surface area contributed by atoms with Crippen molar-refractivity contribution in [2.24, 2.45) is 5.73 Å². The van der Waals surface area contributed by atoms with Gasteiger partial charge in [-0.15, -0.1) is 0 Å². The van der Waals surface area contributed by atoms with Gasteiger partial charge >= 0.3 is 6.18 Å². The van der Waals surface area contributed by atoms with Crippen molar-refractivity contribution in [3.63, 3.8) is 0 Å². The number of carbonyl (C=O) groups excluding carboxylic acids is 2. The number of likely N-dealkylation sites (tertiary alicyclic amines) is 1. The average Bonchev–Trinajstić information content (AvgIpc) is 3.28. The minimum absolute atomic E-state index is 0.00642. The molecule has 0 bridgehead atoms. The Morgan fingerprint density at radius 3 is 2.72 bits per heavy atom. The van der Waals surface area contributed by atoms with Crippen molar-refractivity contribution in [3.05, 3.63) is 33.8 Å². The zero-order valence-electron chi connectivity index (χ0n) is 17.4. The first-order chi connectivity index (χ1) is 15.2. The number of piperidine rings is 1. The Morgan fingerprint density at radius 2 is 2.03 bits per heavy atom. The van der Waals surface area contributed by atoms with Crippen LogP contribution in [0.15, 0.2) is 16.8 Å². The summed E-state index contributed by atoms with van der Waals surface area (Å²) in [6.45, 7) is 1.07. The molecular formula is C21H24F3N5O2S. The van der Waals surface area contributed by atoms with E-state index in [1.54, 1.807) is 21.7 Å². The Labute approximate surface area is 187 Å². The second-order valence-electron chi connectivity index (χ2n) is 8.16. The van der Waals surface area contributed by atoms with E-state index in [1.165, 1.54) is 16.2 Å². The van der Waals surface area contributed by atoms with E-state index in [0.29, 0.717) is 25.1 Å². The third-order valence-electron chi connectivity index (χ3n) is 5.78. The maximum absolute atomic E-state index is 13.7. The number of nitrogens with zero attached hydrogens (tertiary/aromatic N) is 4. The molecule has 0 radical (unpaired) electrons. The summed E-state index contributed by atoms with van der Waals surface area (Å²) in [6, 6.07) is 1.14. The van der Waals surface area contributed by atoms with Crippen molar-refractivity contribution in [3.8, 4) is 11.4 Å². The number of amides is 2. The molecule has 0 spiro atoms. The van der Waals surface area contributed by atoms with Crippen molar-refractivity contribution in [2.45, 2.75) is 50.9 Å². The van der Waals surface area contributed by atoms with Crippen LogP contribution in [0.1, 0.15) is 42.6 Å². The van der Waals surface area contributed by atoms with Crippen LogP contribution in [0.4, 0.5) is 13.2 Å². The first kappa shape index (κ1) is 22.7. The molecule has 32 heavy (non-hydrogen) atoms. The van der Waals surface area contributed by atoms with Crippen molar-refractivity contribution in [2.75, 3.05) is 19.6 Å². The minimum Gasteiger partial charge on any atom is -0.341 e. The molecule has 1 fully saturated rings. The van der Waals surface area contributed by atoms with E-state index < -0.39 is 17.9 Å². The summed E-state index contributed by atoms with van der Waals surface area (Å²) >= 11 is 1.34. The molecule has 2 aromatic rings. The van der Waals surface area contributed by atoms with Crippen molar-refractivity contribution in [1.82, 2.24) is 19.8 Å². The molecule has 2 amide bonds. The van der Waals surface area contributed by atoms with E-state index in [4.69, 9.17) is 5.73 Å². The predicted molar refractivity (Wildman–Crippen MR) is 112 cm³/mol. The fraction of sp³-hybridized carbons (Fsp3) is 0.524. The van der Waals surface area contributed by atoms with E-state index in [1.807, 2.05) is 0 Å². The third-order valence-corrected chi connectivity index (χ3v) is 6.46. The highest BCUT2D eigenvalue weighted by molar-refractivity contribution is 7.08. The number of hydrogen-bond donors (Lipinski definition) is 1. The molecule has 0 aliphatic carbocycles. The SMILES string of the molecule is N[C@@H](CC(=O)N1CCc2c(nc(-c3ccsc3)nc2C(F)(F)F)C1)CN1CCCCC1=O. The molecule has 1 saturated heterocycles. The molecule has 4 rings (SSSR count). The maximum Gasteiger partial charge on any atom is 0.433 e. The van der Waals surface area contributed by atoms with Crippen molar-refractivity contribution < 1.29 is 22.8 Å². The first-order valence-electron chi connectivity index (χ1n) is 10.5. The van der Waals surface area contributed by atoms with Crippen LogP contribution in [0, 0.1) is 0 Å². The molecule has 172 valence electrons. The third kappa shape index (κ3) is 4.93. The monoisotopic (exact) mass is 467 g/mol. The van der Waals surface area contributed by atoms with Crippen molar-refractivity contribution in [1.29, 1.82) is 0 Å². The average molecular weight is 468 g/mol. The molecule has 2 aromatic heterocycles. The van der Waals surface area contributed by atoms with Crippen LogP contribution in [0.25, 0.3) is 11.4 Å². The Hall–Kier alpha value is -2.53. The van der Waals surface area contributed by atoms with E-state index in [9.17, 15) is 22.8 Å². The fourth-order valence-corrected chi connectivity index (χ4v) is 4.79. The Bertz CT molecular complexity index is 996. The summed E-state index contributed by atoms with van der Waals surface area (Å²) in [6.07, 6.45) is -2.27. The molecule has 4 heterocycles. The van der Waals surface area contributed by atoms with Crippen LogP contribution in [0.5, 0.6) is 0 Å². The molecule has 0 saturated carbocycles. The molecular weight excluding hydrogens is 443 g/mol. The number of halogens is 3. The van der Waals surface area contributed by atoms with Crippen LogP contribution in [0.3, 0.4) is 0 Å². The van der Waals surface area contributed by atoms with E-state index in [-0.39, 0.29) is 54.8 Å². The lowest BCUT2D eigenvalue weighted by Crippen LogP contribution is -2.46. The highest BCUT2D eigenvalue weighted by atomic mass is 32.1. The Kier molecular flexibility index (Phi) is 6.47. The van der Waals surface area contributed by atoms with E-state index >= 15 is 0 Å². The van der Waals surface area contributed by atoms with Crippen LogP contribution in [0.2, 0.25) is 0 Å². The van der Waals surface area contributed by atoms with Gasteiger partial charge < -0.3 is 15.5 Å². The zero-order valence-corrected chi connectivity index (χ0v) is 18.2. The molecule has 1 atom stereocenters. The lowest BCUT2D eigenvalue weighted by atomic mass is 10.0. The van der Waals surface area contributed by atoms with Crippen LogP contribution in [-0.4, -0.2) is 57.3 Å². The number of nitrogens with two attached hydrogens (primary N) is 1. The topological polar surface area (TPSA) is 92.4 Å². The number of hydrogen-bond acceptors (Lipinski definition) is 6. The first-order valence-corrected chi connectivity index (χ1v) is 11.5. The number of carbonyl (C=O) groups is 2. The molecule has 0 unspecified atom stereocenters. The molecule has 2 aliphatic heterocycles. The van der Waals surface area contributed by atoms with Gasteiger partial charge in [-0.25, -0.2) is 9.97 Å². The second kappa shape index (κ2) is 9.14. The quantitative estimate of drug-likeness (QED) is 0.730. The number of thiophene rings is 1. The predicted octanol–water partition coefficient (Wildman–Crippen LogP) is 2.84. The highest BCUT2D eigenvalue weighted by Crippen LogP contribution is 2.35. The largest absolute Gasteiger partial charge is 0.433 e. The summed E-state index contributed by atoms with van der Waals surface area (Å²) in [5, 5.41) is 3.43. The molecule has 11 heteroatoms. The summed E-state index contributed by atoms with van der Waals surface area (Å²) in [4.78, 5) is 36.1. The zero-order chi connectivity index (χ0) is 22.9. The summed E-state index contributed by atoms with van der Waals surface area (Å²) < 4.78 is 41.0. The number of alkyl halides is 3. The van der Waals surface area contributed by atoms with Crippen LogP contribution >= 0.6 is 11.3 Å². The van der Waals surface area contributed by atoms with Crippen molar-refractivity contribution >= 4 is 23.2 Å². The standard InChI is InChI=1S/C21H24F3N5O2S/c22-21(23,24)19-15-4-7-29(11-16(15)26-20(27-19)13-5-8-32-12-13)18(31)9-14(25)10-28-6-2-1-3-17(28)30/h5,8,12,14H,1-4,6-7,9-11,25H2/t14-/m0/s1.